The zero-order valence-electron chi connectivity index (χ0n) is 15.1. The van der Waals surface area contributed by atoms with Crippen molar-refractivity contribution in [1.29, 1.82) is 0 Å². The third-order valence-corrected chi connectivity index (χ3v) is 7.35. The Hall–Kier alpha value is -1.34. The summed E-state index contributed by atoms with van der Waals surface area (Å²) in [5.74, 6) is 0.796. The SMILES string of the molecule is O=CC1c2ccccc2CN1CC1CCN(CC(=O)c2ccc(Br)s2)CC1. The lowest BCUT2D eigenvalue weighted by Gasteiger charge is -2.34. The molecule has 27 heavy (non-hydrogen) atoms. The predicted octanol–water partition coefficient (Wildman–Crippen LogP) is 4.16. The molecule has 2 aliphatic heterocycles. The maximum Gasteiger partial charge on any atom is 0.186 e. The molecule has 1 aromatic heterocycles. The molecule has 1 atom stereocenters. The van der Waals surface area contributed by atoms with Gasteiger partial charge >= 0.3 is 0 Å². The topological polar surface area (TPSA) is 40.6 Å². The number of fused-ring (bicyclic) bond motifs is 1. The lowest BCUT2D eigenvalue weighted by atomic mass is 9.95. The van der Waals surface area contributed by atoms with Crippen LogP contribution in [0, 0.1) is 5.92 Å². The van der Waals surface area contributed by atoms with E-state index in [4.69, 9.17) is 0 Å². The highest BCUT2D eigenvalue weighted by atomic mass is 79.9. The van der Waals surface area contributed by atoms with Gasteiger partial charge in [0.05, 0.1) is 21.3 Å². The first-order valence-electron chi connectivity index (χ1n) is 9.42. The standard InChI is InChI=1S/C21H23BrN2O2S/c22-21-6-5-20(27-21)19(26)13-23-9-7-15(8-10-23)11-24-12-16-3-1-2-4-17(16)18(24)14-25/h1-6,14-15,18H,7-13H2. The molecular weight excluding hydrogens is 424 g/mol. The van der Waals surface area contributed by atoms with E-state index in [0.29, 0.717) is 12.5 Å². The normalized spacial score (nSPS) is 21.3. The Labute approximate surface area is 172 Å². The highest BCUT2D eigenvalue weighted by molar-refractivity contribution is 9.11. The van der Waals surface area contributed by atoms with E-state index in [-0.39, 0.29) is 11.8 Å². The first kappa shape index (κ1) is 19.0. The molecule has 142 valence electrons. The van der Waals surface area contributed by atoms with Crippen LogP contribution in [0.2, 0.25) is 0 Å². The van der Waals surface area contributed by atoms with Gasteiger partial charge in [0, 0.05) is 13.1 Å². The number of halogens is 1. The average Bonchev–Trinajstić information content (AvgIpc) is 3.26. The summed E-state index contributed by atoms with van der Waals surface area (Å²) >= 11 is 4.92. The van der Waals surface area contributed by atoms with Crippen molar-refractivity contribution < 1.29 is 9.59 Å². The second kappa shape index (κ2) is 8.35. The molecule has 3 heterocycles. The van der Waals surface area contributed by atoms with Gasteiger partial charge in [-0.3, -0.25) is 14.6 Å². The number of Topliss-reactive ketones (excluding diaryl/α,β-unsaturated/α-hetero) is 1. The number of carbonyl (C=O) groups excluding carboxylic acids is 2. The molecule has 0 N–H and O–H groups in total. The van der Waals surface area contributed by atoms with E-state index in [1.807, 2.05) is 24.3 Å². The largest absolute Gasteiger partial charge is 0.301 e. The Balaban J connectivity index is 1.29. The van der Waals surface area contributed by atoms with Crippen LogP contribution in [0.1, 0.15) is 39.7 Å². The second-order valence-corrected chi connectivity index (χ2v) is 9.92. The Morgan fingerprint density at radius 1 is 1.19 bits per heavy atom. The molecule has 4 rings (SSSR count). The van der Waals surface area contributed by atoms with E-state index < -0.39 is 0 Å². The minimum atomic E-state index is -0.0990. The molecule has 0 saturated carbocycles. The van der Waals surface area contributed by atoms with E-state index in [1.54, 1.807) is 0 Å². The Kier molecular flexibility index (Phi) is 5.88. The number of aldehydes is 1. The van der Waals surface area contributed by atoms with Gasteiger partial charge in [0.1, 0.15) is 6.29 Å². The number of likely N-dealkylation sites (tertiary alicyclic amines) is 1. The minimum absolute atomic E-state index is 0.0990. The molecule has 1 unspecified atom stereocenters. The monoisotopic (exact) mass is 446 g/mol. The molecule has 2 aromatic rings. The predicted molar refractivity (Wildman–Crippen MR) is 111 cm³/mol. The van der Waals surface area contributed by atoms with Gasteiger partial charge in [-0.2, -0.15) is 0 Å². The third-order valence-electron chi connectivity index (χ3n) is 5.68. The van der Waals surface area contributed by atoms with E-state index >= 15 is 0 Å². The quantitative estimate of drug-likeness (QED) is 0.493. The molecule has 0 radical (unpaired) electrons. The molecule has 0 amide bonds. The maximum absolute atomic E-state index is 12.4. The average molecular weight is 447 g/mol. The molecule has 0 aliphatic carbocycles. The third kappa shape index (κ3) is 4.24. The van der Waals surface area contributed by atoms with Gasteiger partial charge in [-0.1, -0.05) is 24.3 Å². The molecule has 2 aliphatic rings. The summed E-state index contributed by atoms with van der Waals surface area (Å²) in [5.41, 5.74) is 2.44. The number of rotatable bonds is 6. The summed E-state index contributed by atoms with van der Waals surface area (Å²) in [6, 6.07) is 12.0. The molecular formula is C21H23BrN2O2S. The van der Waals surface area contributed by atoms with Crippen molar-refractivity contribution in [2.75, 3.05) is 26.2 Å². The molecule has 1 aromatic carbocycles. The van der Waals surface area contributed by atoms with Crippen LogP contribution in [0.25, 0.3) is 0 Å². The zero-order chi connectivity index (χ0) is 18.8. The van der Waals surface area contributed by atoms with E-state index in [1.165, 1.54) is 16.9 Å². The van der Waals surface area contributed by atoms with Gasteiger partial charge in [0.2, 0.25) is 0 Å². The van der Waals surface area contributed by atoms with E-state index in [9.17, 15) is 9.59 Å². The summed E-state index contributed by atoms with van der Waals surface area (Å²) in [6.07, 6.45) is 3.25. The van der Waals surface area contributed by atoms with Crippen molar-refractivity contribution in [2.24, 2.45) is 5.92 Å². The fourth-order valence-corrected chi connectivity index (χ4v) is 5.54. The van der Waals surface area contributed by atoms with Crippen molar-refractivity contribution in [3.05, 3.63) is 56.2 Å². The number of thiophene rings is 1. The van der Waals surface area contributed by atoms with E-state index in [2.05, 4.69) is 37.9 Å². The highest BCUT2D eigenvalue weighted by Crippen LogP contribution is 2.34. The van der Waals surface area contributed by atoms with Crippen molar-refractivity contribution in [3.63, 3.8) is 0 Å². The van der Waals surface area contributed by atoms with Crippen LogP contribution in [-0.2, 0) is 11.3 Å². The first-order chi connectivity index (χ1) is 13.1. The van der Waals surface area contributed by atoms with Crippen molar-refractivity contribution in [1.82, 2.24) is 9.80 Å². The number of benzene rings is 1. The molecule has 1 fully saturated rings. The number of ketones is 1. The van der Waals surface area contributed by atoms with Gasteiger partial charge in [0.15, 0.2) is 5.78 Å². The van der Waals surface area contributed by atoms with Gasteiger partial charge in [-0.15, -0.1) is 11.3 Å². The number of hydrogen-bond acceptors (Lipinski definition) is 5. The summed E-state index contributed by atoms with van der Waals surface area (Å²) in [7, 11) is 0. The van der Waals surface area contributed by atoms with Crippen LogP contribution in [0.5, 0.6) is 0 Å². The molecule has 1 saturated heterocycles. The number of hydrogen-bond donors (Lipinski definition) is 0. The fourth-order valence-electron chi connectivity index (χ4n) is 4.22. The summed E-state index contributed by atoms with van der Waals surface area (Å²) in [5, 5.41) is 0. The smallest absolute Gasteiger partial charge is 0.186 e. The van der Waals surface area contributed by atoms with Gasteiger partial charge < -0.3 is 4.79 Å². The number of carbonyl (C=O) groups is 2. The lowest BCUT2D eigenvalue weighted by Crippen LogP contribution is -2.40. The Bertz CT molecular complexity index is 829. The van der Waals surface area contributed by atoms with Crippen LogP contribution in [0.15, 0.2) is 40.2 Å². The molecule has 6 heteroatoms. The van der Waals surface area contributed by atoms with Crippen molar-refractivity contribution >= 4 is 39.3 Å². The minimum Gasteiger partial charge on any atom is -0.301 e. The fraction of sp³-hybridized carbons (Fsp3) is 0.429. The molecule has 0 spiro atoms. The molecule has 4 nitrogen and oxygen atoms in total. The summed E-state index contributed by atoms with van der Waals surface area (Å²) < 4.78 is 1.00. The lowest BCUT2D eigenvalue weighted by molar-refractivity contribution is -0.112. The van der Waals surface area contributed by atoms with Gasteiger partial charge in [-0.25, -0.2) is 0 Å². The van der Waals surface area contributed by atoms with E-state index in [0.717, 1.165) is 59.5 Å². The van der Waals surface area contributed by atoms with Crippen LogP contribution in [-0.4, -0.2) is 48.0 Å². The van der Waals surface area contributed by atoms with Crippen LogP contribution in [0.3, 0.4) is 0 Å². The highest BCUT2D eigenvalue weighted by Gasteiger charge is 2.32. The van der Waals surface area contributed by atoms with Gasteiger partial charge in [-0.05, 0) is 71.0 Å². The number of nitrogens with zero attached hydrogens (tertiary/aromatic N) is 2. The van der Waals surface area contributed by atoms with Crippen LogP contribution >= 0.6 is 27.3 Å². The summed E-state index contributed by atoms with van der Waals surface area (Å²) in [4.78, 5) is 29.4. The first-order valence-corrected chi connectivity index (χ1v) is 11.0. The van der Waals surface area contributed by atoms with Gasteiger partial charge in [0.25, 0.3) is 0 Å². The maximum atomic E-state index is 12.4. The van der Waals surface area contributed by atoms with Crippen molar-refractivity contribution in [3.8, 4) is 0 Å². The number of piperidine rings is 1. The Morgan fingerprint density at radius 3 is 2.67 bits per heavy atom. The van der Waals surface area contributed by atoms with Crippen LogP contribution < -0.4 is 0 Å². The second-order valence-electron chi connectivity index (χ2n) is 7.46. The van der Waals surface area contributed by atoms with Crippen molar-refractivity contribution in [2.45, 2.75) is 25.4 Å². The molecule has 0 bridgehead atoms. The zero-order valence-corrected chi connectivity index (χ0v) is 17.5. The van der Waals surface area contributed by atoms with Crippen LogP contribution in [0.4, 0.5) is 0 Å². The summed E-state index contributed by atoms with van der Waals surface area (Å²) in [6.45, 7) is 4.24. The Morgan fingerprint density at radius 2 is 1.96 bits per heavy atom.